The highest BCUT2D eigenvalue weighted by Crippen LogP contribution is 2.25. The molecule has 2 N–H and O–H groups in total. The minimum atomic E-state index is 0.290. The first-order valence-electron chi connectivity index (χ1n) is 7.64. The molecule has 0 aromatic heterocycles. The summed E-state index contributed by atoms with van der Waals surface area (Å²) in [5, 5.41) is 7.31. The molecule has 0 spiro atoms. The average Bonchev–Trinajstić information content (AvgIpc) is 2.57. The van der Waals surface area contributed by atoms with E-state index in [0.29, 0.717) is 6.04 Å². The zero-order valence-corrected chi connectivity index (χ0v) is 13.4. The minimum absolute atomic E-state index is 0.290. The highest BCUT2D eigenvalue weighted by atomic mass is 15.1. The molecule has 112 valence electrons. The predicted molar refractivity (Wildman–Crippen MR) is 85.8 cm³/mol. The van der Waals surface area contributed by atoms with Gasteiger partial charge in [-0.3, -0.25) is 0 Å². The lowest BCUT2D eigenvalue weighted by molar-refractivity contribution is 0.224. The van der Waals surface area contributed by atoms with E-state index in [4.69, 9.17) is 0 Å². The fourth-order valence-corrected chi connectivity index (χ4v) is 3.18. The fraction of sp³-hybridized carbons (Fsp3) is 0.647. The van der Waals surface area contributed by atoms with Crippen molar-refractivity contribution in [2.45, 2.75) is 32.9 Å². The molecule has 3 nitrogen and oxygen atoms in total. The van der Waals surface area contributed by atoms with Crippen LogP contribution < -0.4 is 10.6 Å². The topological polar surface area (TPSA) is 27.3 Å². The van der Waals surface area contributed by atoms with E-state index in [1.54, 1.807) is 0 Å². The number of hydrogen-bond acceptors (Lipinski definition) is 3. The van der Waals surface area contributed by atoms with Crippen LogP contribution in [0.5, 0.6) is 0 Å². The normalized spacial score (nSPS) is 19.8. The Bertz CT molecular complexity index is 426. The van der Waals surface area contributed by atoms with E-state index in [1.165, 1.54) is 11.1 Å². The first kappa shape index (κ1) is 15.5. The van der Waals surface area contributed by atoms with Gasteiger partial charge in [-0.15, -0.1) is 0 Å². The molecular formula is C17H29N3. The fourth-order valence-electron chi connectivity index (χ4n) is 3.18. The molecule has 20 heavy (non-hydrogen) atoms. The van der Waals surface area contributed by atoms with Crippen LogP contribution in [0.15, 0.2) is 24.3 Å². The number of fused-ring (bicyclic) bond motifs is 1. The van der Waals surface area contributed by atoms with Crippen LogP contribution in [0.4, 0.5) is 0 Å². The molecule has 0 aliphatic carbocycles. The molecule has 0 bridgehead atoms. The molecule has 1 aliphatic heterocycles. The van der Waals surface area contributed by atoms with Crippen molar-refractivity contribution in [1.82, 2.24) is 15.5 Å². The van der Waals surface area contributed by atoms with E-state index in [-0.39, 0.29) is 5.41 Å². The molecule has 1 aromatic carbocycles. The van der Waals surface area contributed by atoms with Crippen molar-refractivity contribution in [2.24, 2.45) is 5.41 Å². The Morgan fingerprint density at radius 3 is 2.80 bits per heavy atom. The maximum atomic E-state index is 3.80. The number of nitrogens with one attached hydrogen (secondary N) is 2. The summed E-state index contributed by atoms with van der Waals surface area (Å²) in [6.45, 7) is 8.90. The van der Waals surface area contributed by atoms with Gasteiger partial charge in [-0.1, -0.05) is 38.1 Å². The maximum Gasteiger partial charge on any atom is 0.0335 e. The summed E-state index contributed by atoms with van der Waals surface area (Å²) in [7, 11) is 4.29. The molecule has 2 rings (SSSR count). The largest absolute Gasteiger partial charge is 0.313 e. The second-order valence-corrected chi connectivity index (χ2v) is 7.00. The maximum absolute atomic E-state index is 3.80. The molecule has 0 fully saturated rings. The predicted octanol–water partition coefficient (Wildman–Crippen LogP) is 2.40. The molecule has 1 aliphatic rings. The highest BCUT2D eigenvalue weighted by molar-refractivity contribution is 5.31. The summed E-state index contributed by atoms with van der Waals surface area (Å²) in [5.41, 5.74) is 3.20. The second kappa shape index (κ2) is 6.70. The van der Waals surface area contributed by atoms with Crippen LogP contribution in [-0.4, -0.2) is 38.6 Å². The van der Waals surface area contributed by atoms with Crippen molar-refractivity contribution in [1.29, 1.82) is 0 Å². The van der Waals surface area contributed by atoms with Crippen LogP contribution >= 0.6 is 0 Å². The Labute approximate surface area is 123 Å². The van der Waals surface area contributed by atoms with Gasteiger partial charge in [-0.2, -0.15) is 0 Å². The summed E-state index contributed by atoms with van der Waals surface area (Å²) < 4.78 is 0. The lowest BCUT2D eigenvalue weighted by atomic mass is 9.91. The van der Waals surface area contributed by atoms with Crippen LogP contribution in [0.1, 0.15) is 37.4 Å². The molecule has 0 radical (unpaired) electrons. The number of nitrogens with zero attached hydrogens (tertiary/aromatic N) is 1. The summed E-state index contributed by atoms with van der Waals surface area (Å²) in [4.78, 5) is 2.27. The first-order chi connectivity index (χ1) is 9.48. The van der Waals surface area contributed by atoms with E-state index in [9.17, 15) is 0 Å². The third-order valence-corrected chi connectivity index (χ3v) is 3.93. The molecule has 1 unspecified atom stereocenters. The summed E-state index contributed by atoms with van der Waals surface area (Å²) in [6, 6.07) is 9.29. The average molecular weight is 275 g/mol. The lowest BCUT2D eigenvalue weighted by Gasteiger charge is -2.31. The van der Waals surface area contributed by atoms with Crippen molar-refractivity contribution >= 4 is 0 Å². The molecule has 1 atom stereocenters. The van der Waals surface area contributed by atoms with Crippen molar-refractivity contribution in [3.63, 3.8) is 0 Å². The number of rotatable bonds is 5. The van der Waals surface area contributed by atoms with E-state index in [0.717, 1.165) is 32.6 Å². The molecular weight excluding hydrogens is 246 g/mol. The molecule has 0 amide bonds. The van der Waals surface area contributed by atoms with Gasteiger partial charge < -0.3 is 15.5 Å². The van der Waals surface area contributed by atoms with Gasteiger partial charge in [-0.05, 0) is 43.6 Å². The summed E-state index contributed by atoms with van der Waals surface area (Å²) in [5.74, 6) is 0. The van der Waals surface area contributed by atoms with E-state index in [1.807, 2.05) is 0 Å². The summed E-state index contributed by atoms with van der Waals surface area (Å²) >= 11 is 0. The smallest absolute Gasteiger partial charge is 0.0335 e. The van der Waals surface area contributed by atoms with Crippen molar-refractivity contribution < 1.29 is 0 Å². The first-order valence-corrected chi connectivity index (χ1v) is 7.64. The third kappa shape index (κ3) is 4.30. The Kier molecular flexibility index (Phi) is 5.19. The lowest BCUT2D eigenvalue weighted by Crippen LogP contribution is -2.39. The van der Waals surface area contributed by atoms with Gasteiger partial charge in [0.2, 0.25) is 0 Å². The van der Waals surface area contributed by atoms with Crippen LogP contribution in [-0.2, 0) is 6.54 Å². The SMILES string of the molecule is CN(C)CC(C)(C)CNC1CCNCc2ccccc21. The van der Waals surface area contributed by atoms with Crippen LogP contribution in [0.2, 0.25) is 0 Å². The minimum Gasteiger partial charge on any atom is -0.313 e. The Balaban J connectivity index is 2.02. The van der Waals surface area contributed by atoms with Crippen LogP contribution in [0.25, 0.3) is 0 Å². The standard InChI is InChI=1S/C17H29N3/c1-17(2,13-20(3)4)12-19-16-9-10-18-11-14-7-5-6-8-15(14)16/h5-8,16,18-19H,9-13H2,1-4H3. The number of benzene rings is 1. The zero-order valence-electron chi connectivity index (χ0n) is 13.4. The van der Waals surface area contributed by atoms with E-state index in [2.05, 4.69) is 67.7 Å². The van der Waals surface area contributed by atoms with Crippen LogP contribution in [0, 0.1) is 5.41 Å². The van der Waals surface area contributed by atoms with Gasteiger partial charge in [0.25, 0.3) is 0 Å². The number of hydrogen-bond donors (Lipinski definition) is 2. The quantitative estimate of drug-likeness (QED) is 0.864. The van der Waals surface area contributed by atoms with E-state index < -0.39 is 0 Å². The summed E-state index contributed by atoms with van der Waals surface area (Å²) in [6.07, 6.45) is 1.16. The zero-order chi connectivity index (χ0) is 14.6. The van der Waals surface area contributed by atoms with Gasteiger partial charge in [0.1, 0.15) is 0 Å². The van der Waals surface area contributed by atoms with Crippen molar-refractivity contribution in [2.75, 3.05) is 33.7 Å². The van der Waals surface area contributed by atoms with E-state index >= 15 is 0 Å². The van der Waals surface area contributed by atoms with Gasteiger partial charge in [0.15, 0.2) is 0 Å². The Morgan fingerprint density at radius 1 is 1.30 bits per heavy atom. The van der Waals surface area contributed by atoms with Gasteiger partial charge in [0.05, 0.1) is 0 Å². The van der Waals surface area contributed by atoms with Crippen molar-refractivity contribution in [3.8, 4) is 0 Å². The molecule has 1 heterocycles. The third-order valence-electron chi connectivity index (χ3n) is 3.93. The molecule has 0 saturated carbocycles. The Hall–Kier alpha value is -0.900. The monoisotopic (exact) mass is 275 g/mol. The van der Waals surface area contributed by atoms with Gasteiger partial charge in [0, 0.05) is 25.7 Å². The van der Waals surface area contributed by atoms with Gasteiger partial charge in [-0.25, -0.2) is 0 Å². The highest BCUT2D eigenvalue weighted by Gasteiger charge is 2.23. The molecule has 3 heteroatoms. The van der Waals surface area contributed by atoms with Crippen LogP contribution in [0.3, 0.4) is 0 Å². The molecule has 0 saturated heterocycles. The van der Waals surface area contributed by atoms with Crippen molar-refractivity contribution in [3.05, 3.63) is 35.4 Å². The Morgan fingerprint density at radius 2 is 2.05 bits per heavy atom. The van der Waals surface area contributed by atoms with Gasteiger partial charge >= 0.3 is 0 Å². The molecule has 1 aromatic rings. The second-order valence-electron chi connectivity index (χ2n) is 7.00.